The molecule has 0 radical (unpaired) electrons. The minimum Gasteiger partial charge on any atom is -0.390 e. The van der Waals surface area contributed by atoms with Gasteiger partial charge in [-0.2, -0.15) is 0 Å². The number of rotatable bonds is 1. The lowest BCUT2D eigenvalue weighted by Gasteiger charge is -2.01. The molecule has 58 valence electrons. The first-order valence-electron chi connectivity index (χ1n) is 3.88. The molecule has 0 spiro atoms. The largest absolute Gasteiger partial charge is 0.390 e. The van der Waals surface area contributed by atoms with Crippen LogP contribution in [0.15, 0.2) is 12.1 Å². The summed E-state index contributed by atoms with van der Waals surface area (Å²) in [6, 6.07) is 2.04. The zero-order valence-corrected chi connectivity index (χ0v) is 6.30. The van der Waals surface area contributed by atoms with Crippen LogP contribution in [-0.4, -0.2) is 10.1 Å². The van der Waals surface area contributed by atoms with Gasteiger partial charge in [0.1, 0.15) is 0 Å². The molecule has 0 fully saturated rings. The maximum Gasteiger partial charge on any atom is 0.0831 e. The summed E-state index contributed by atoms with van der Waals surface area (Å²) in [5, 5.41) is 8.83. The van der Waals surface area contributed by atoms with Crippen LogP contribution in [0.2, 0.25) is 0 Å². The zero-order chi connectivity index (χ0) is 7.68. The molecule has 0 bridgehead atoms. The number of aryl methyl sites for hydroxylation is 1. The Morgan fingerprint density at radius 2 is 2.45 bits per heavy atom. The first-order chi connectivity index (χ1) is 5.40. The standard InChI is InChI=1S/C9H11NO/c11-6-8-5-7-3-1-2-4-9(7)10-8/h2,4-5,10-11H,1,3,6H2. The molecule has 2 rings (SSSR count). The molecule has 0 aliphatic heterocycles. The van der Waals surface area contributed by atoms with Gasteiger partial charge in [-0.1, -0.05) is 6.08 Å². The Morgan fingerprint density at radius 1 is 1.55 bits per heavy atom. The molecule has 2 nitrogen and oxygen atoms in total. The summed E-state index contributed by atoms with van der Waals surface area (Å²) in [6.07, 6.45) is 6.45. The molecule has 1 aliphatic carbocycles. The van der Waals surface area contributed by atoms with Gasteiger partial charge in [0.25, 0.3) is 0 Å². The van der Waals surface area contributed by atoms with Gasteiger partial charge in [-0.3, -0.25) is 0 Å². The molecular formula is C9H11NO. The van der Waals surface area contributed by atoms with Crippen molar-refractivity contribution in [3.8, 4) is 0 Å². The van der Waals surface area contributed by atoms with Crippen molar-refractivity contribution in [2.75, 3.05) is 0 Å². The highest BCUT2D eigenvalue weighted by atomic mass is 16.3. The highest BCUT2D eigenvalue weighted by Gasteiger charge is 2.07. The van der Waals surface area contributed by atoms with Crippen LogP contribution < -0.4 is 0 Å². The highest BCUT2D eigenvalue weighted by molar-refractivity contribution is 5.53. The van der Waals surface area contributed by atoms with E-state index in [1.54, 1.807) is 0 Å². The van der Waals surface area contributed by atoms with Gasteiger partial charge >= 0.3 is 0 Å². The molecule has 11 heavy (non-hydrogen) atoms. The fourth-order valence-corrected chi connectivity index (χ4v) is 1.46. The minimum atomic E-state index is 0.112. The van der Waals surface area contributed by atoms with Gasteiger partial charge in [0.2, 0.25) is 0 Å². The van der Waals surface area contributed by atoms with E-state index in [0.717, 1.165) is 18.5 Å². The number of hydrogen-bond acceptors (Lipinski definition) is 1. The van der Waals surface area contributed by atoms with E-state index in [4.69, 9.17) is 5.11 Å². The van der Waals surface area contributed by atoms with Crippen LogP contribution in [0.1, 0.15) is 23.4 Å². The number of aliphatic hydroxyl groups is 1. The first-order valence-corrected chi connectivity index (χ1v) is 3.88. The van der Waals surface area contributed by atoms with Crippen molar-refractivity contribution in [2.24, 2.45) is 0 Å². The summed E-state index contributed by atoms with van der Waals surface area (Å²) in [5.74, 6) is 0. The summed E-state index contributed by atoms with van der Waals surface area (Å²) in [5.41, 5.74) is 3.42. The Labute approximate surface area is 65.6 Å². The lowest BCUT2D eigenvalue weighted by molar-refractivity contribution is 0.277. The number of hydrogen-bond donors (Lipinski definition) is 2. The van der Waals surface area contributed by atoms with E-state index in [0.29, 0.717) is 0 Å². The number of nitrogens with one attached hydrogen (secondary N) is 1. The van der Waals surface area contributed by atoms with Gasteiger partial charge in [0.15, 0.2) is 0 Å². The topological polar surface area (TPSA) is 36.0 Å². The molecule has 0 aromatic carbocycles. The van der Waals surface area contributed by atoms with Crippen LogP contribution in [0.5, 0.6) is 0 Å². The van der Waals surface area contributed by atoms with Gasteiger partial charge in [0.05, 0.1) is 6.61 Å². The lowest BCUT2D eigenvalue weighted by Crippen LogP contribution is -1.89. The monoisotopic (exact) mass is 149 g/mol. The van der Waals surface area contributed by atoms with E-state index in [1.807, 2.05) is 6.07 Å². The van der Waals surface area contributed by atoms with Crippen molar-refractivity contribution < 1.29 is 5.11 Å². The van der Waals surface area contributed by atoms with Gasteiger partial charge in [-0.15, -0.1) is 0 Å². The zero-order valence-electron chi connectivity index (χ0n) is 6.30. The second-order valence-electron chi connectivity index (χ2n) is 2.83. The van der Waals surface area contributed by atoms with Crippen molar-refractivity contribution in [1.29, 1.82) is 0 Å². The van der Waals surface area contributed by atoms with E-state index in [9.17, 15) is 0 Å². The number of aliphatic hydroxyl groups excluding tert-OH is 1. The van der Waals surface area contributed by atoms with E-state index in [1.165, 1.54) is 11.3 Å². The average Bonchev–Trinajstić information content (AvgIpc) is 2.46. The Morgan fingerprint density at radius 3 is 3.18 bits per heavy atom. The molecule has 2 heteroatoms. The summed E-state index contributed by atoms with van der Waals surface area (Å²) in [4.78, 5) is 3.15. The predicted molar refractivity (Wildman–Crippen MR) is 44.1 cm³/mol. The van der Waals surface area contributed by atoms with Gasteiger partial charge < -0.3 is 10.1 Å². The maximum absolute atomic E-state index is 8.83. The Hall–Kier alpha value is -1.02. The van der Waals surface area contributed by atoms with E-state index in [-0.39, 0.29) is 6.61 Å². The van der Waals surface area contributed by atoms with Crippen LogP contribution in [0.25, 0.3) is 6.08 Å². The third-order valence-corrected chi connectivity index (χ3v) is 2.02. The number of aromatic amines is 1. The third kappa shape index (κ3) is 1.10. The van der Waals surface area contributed by atoms with Gasteiger partial charge in [-0.25, -0.2) is 0 Å². The molecule has 1 aromatic rings. The number of H-pyrrole nitrogens is 1. The summed E-state index contributed by atoms with van der Waals surface area (Å²) in [6.45, 7) is 0.112. The van der Waals surface area contributed by atoms with Gasteiger partial charge in [0, 0.05) is 11.4 Å². The number of allylic oxidation sites excluding steroid dienone is 1. The van der Waals surface area contributed by atoms with E-state index >= 15 is 0 Å². The second kappa shape index (κ2) is 2.55. The Balaban J connectivity index is 2.42. The van der Waals surface area contributed by atoms with Crippen LogP contribution in [-0.2, 0) is 13.0 Å². The quantitative estimate of drug-likeness (QED) is 0.623. The molecule has 0 atom stereocenters. The van der Waals surface area contributed by atoms with Crippen LogP contribution in [0.3, 0.4) is 0 Å². The SMILES string of the molecule is OCc1cc2c([nH]1)C=CCC2. The fraction of sp³-hybridized carbons (Fsp3) is 0.333. The van der Waals surface area contributed by atoms with Crippen molar-refractivity contribution in [3.63, 3.8) is 0 Å². The van der Waals surface area contributed by atoms with Crippen LogP contribution in [0.4, 0.5) is 0 Å². The van der Waals surface area contributed by atoms with Crippen molar-refractivity contribution in [2.45, 2.75) is 19.4 Å². The summed E-state index contributed by atoms with van der Waals surface area (Å²) < 4.78 is 0. The van der Waals surface area contributed by atoms with E-state index < -0.39 is 0 Å². The molecule has 0 unspecified atom stereocenters. The molecule has 1 aliphatic rings. The van der Waals surface area contributed by atoms with Crippen molar-refractivity contribution in [1.82, 2.24) is 4.98 Å². The average molecular weight is 149 g/mol. The lowest BCUT2D eigenvalue weighted by atomic mass is 10.1. The second-order valence-corrected chi connectivity index (χ2v) is 2.83. The Kier molecular flexibility index (Phi) is 1.55. The Bertz CT molecular complexity index is 286. The smallest absolute Gasteiger partial charge is 0.0831 e. The molecule has 1 aromatic heterocycles. The summed E-state index contributed by atoms with van der Waals surface area (Å²) >= 11 is 0. The van der Waals surface area contributed by atoms with Gasteiger partial charge in [-0.05, 0) is 30.5 Å². The van der Waals surface area contributed by atoms with Crippen molar-refractivity contribution in [3.05, 3.63) is 29.1 Å². The molecule has 1 heterocycles. The fourth-order valence-electron chi connectivity index (χ4n) is 1.46. The molecule has 0 saturated carbocycles. The van der Waals surface area contributed by atoms with E-state index in [2.05, 4.69) is 17.1 Å². The number of aromatic nitrogens is 1. The summed E-state index contributed by atoms with van der Waals surface area (Å²) in [7, 11) is 0. The number of fused-ring (bicyclic) bond motifs is 1. The van der Waals surface area contributed by atoms with Crippen molar-refractivity contribution >= 4 is 6.08 Å². The molecule has 2 N–H and O–H groups in total. The predicted octanol–water partition coefficient (Wildman–Crippen LogP) is 1.47. The van der Waals surface area contributed by atoms with Crippen LogP contribution in [0, 0.1) is 0 Å². The molecule has 0 saturated heterocycles. The highest BCUT2D eigenvalue weighted by Crippen LogP contribution is 2.19. The molecular weight excluding hydrogens is 138 g/mol. The minimum absolute atomic E-state index is 0.112. The van der Waals surface area contributed by atoms with Crippen LogP contribution >= 0.6 is 0 Å². The first kappa shape index (κ1) is 6.68. The maximum atomic E-state index is 8.83. The third-order valence-electron chi connectivity index (χ3n) is 2.02. The normalized spacial score (nSPS) is 15.0. The molecule has 0 amide bonds.